The molecule has 0 bridgehead atoms. The molecule has 1 saturated heterocycles. The minimum Gasteiger partial charge on any atom is -0.339 e. The van der Waals surface area contributed by atoms with Crippen LogP contribution in [0.5, 0.6) is 0 Å². The van der Waals surface area contributed by atoms with Gasteiger partial charge >= 0.3 is 0 Å². The number of carbonyl (C=O) groups excluding carboxylic acids is 2. The Morgan fingerprint density at radius 2 is 2.04 bits per heavy atom. The summed E-state index contributed by atoms with van der Waals surface area (Å²) in [5.74, 6) is 1.67. The Kier molecular flexibility index (Phi) is 4.14. The molecule has 2 aliphatic heterocycles. The number of carbonyl (C=O) groups is 2. The second kappa shape index (κ2) is 6.81. The average Bonchev–Trinajstić information content (AvgIpc) is 3.41. The van der Waals surface area contributed by atoms with Crippen LogP contribution in [-0.2, 0) is 16.0 Å². The lowest BCUT2D eigenvalue weighted by atomic mass is 10.0. The van der Waals surface area contributed by atoms with Crippen LogP contribution in [0, 0.1) is 11.8 Å². The van der Waals surface area contributed by atoms with E-state index in [4.69, 9.17) is 0 Å². The van der Waals surface area contributed by atoms with Gasteiger partial charge < -0.3 is 10.2 Å². The number of rotatable bonds is 3. The van der Waals surface area contributed by atoms with E-state index in [0.29, 0.717) is 36.5 Å². The molecule has 2 amide bonds. The topological polar surface area (TPSA) is 106 Å². The quantitative estimate of drug-likeness (QED) is 0.800. The van der Waals surface area contributed by atoms with Gasteiger partial charge in [-0.1, -0.05) is 0 Å². The van der Waals surface area contributed by atoms with Gasteiger partial charge in [-0.3, -0.25) is 9.59 Å². The van der Waals surface area contributed by atoms with Crippen LogP contribution in [0.15, 0.2) is 24.7 Å². The molecule has 9 nitrogen and oxygen atoms in total. The smallest absolute Gasteiger partial charge is 0.246 e. The van der Waals surface area contributed by atoms with E-state index in [0.717, 1.165) is 37.1 Å². The van der Waals surface area contributed by atoms with Crippen LogP contribution in [-0.4, -0.2) is 55.0 Å². The summed E-state index contributed by atoms with van der Waals surface area (Å²) < 4.78 is 0. The number of amides is 2. The van der Waals surface area contributed by atoms with Crippen molar-refractivity contribution in [3.8, 4) is 0 Å². The summed E-state index contributed by atoms with van der Waals surface area (Å²) in [5, 5.41) is 14.7. The maximum atomic E-state index is 12.6. The molecule has 3 atom stereocenters. The first-order valence-electron chi connectivity index (χ1n) is 9.64. The monoisotopic (exact) mass is 379 g/mol. The first kappa shape index (κ1) is 17.0. The lowest BCUT2D eigenvalue weighted by Crippen LogP contribution is -2.28. The van der Waals surface area contributed by atoms with Gasteiger partial charge in [0, 0.05) is 31.8 Å². The number of anilines is 1. The normalized spacial score (nSPS) is 26.4. The lowest BCUT2D eigenvalue weighted by molar-refractivity contribution is -0.125. The summed E-state index contributed by atoms with van der Waals surface area (Å²) in [5.41, 5.74) is 1.89. The highest BCUT2D eigenvalue weighted by atomic mass is 16.2. The fraction of sp³-hybridized carbons (Fsp3) is 0.474. The van der Waals surface area contributed by atoms with Gasteiger partial charge in [0.1, 0.15) is 5.82 Å². The molecule has 0 radical (unpaired) electrons. The number of likely N-dealkylation sites (tertiary alicyclic amines) is 1. The van der Waals surface area contributed by atoms with Crippen molar-refractivity contribution in [1.82, 2.24) is 30.1 Å². The second-order valence-corrected chi connectivity index (χ2v) is 7.80. The molecular formula is C19H21N7O2. The SMILES string of the molecule is O=C1CCc2cc(/C=C/C(=O)N3C[C@H]4CC(n5ncnn5)C[C@H]4C3)cnc2N1. The number of tetrazole rings is 1. The standard InChI is InChI=1S/C19H21N7O2/c27-17-3-2-13-5-12(8-20-19(13)23-17)1-4-18(28)25-9-14-6-16(7-15(14)10-25)26-22-11-21-24-26/h1,4-5,8,11,14-16H,2-3,6-7,9-10H2,(H,20,23,27)/b4-1+/t14-,15+,16?. The summed E-state index contributed by atoms with van der Waals surface area (Å²) in [7, 11) is 0. The van der Waals surface area contributed by atoms with E-state index in [1.165, 1.54) is 6.33 Å². The number of aromatic nitrogens is 5. The summed E-state index contributed by atoms with van der Waals surface area (Å²) in [6.07, 6.45) is 9.74. The third-order valence-electron chi connectivity index (χ3n) is 6.01. The molecule has 1 aliphatic carbocycles. The lowest BCUT2D eigenvalue weighted by Gasteiger charge is -2.17. The van der Waals surface area contributed by atoms with Crippen LogP contribution in [0.1, 0.15) is 36.4 Å². The highest BCUT2D eigenvalue weighted by molar-refractivity contribution is 5.94. The molecule has 2 aromatic heterocycles. The van der Waals surface area contributed by atoms with Crippen molar-refractivity contribution in [3.63, 3.8) is 0 Å². The van der Waals surface area contributed by atoms with E-state index < -0.39 is 0 Å². The molecule has 1 unspecified atom stereocenters. The van der Waals surface area contributed by atoms with Crippen LogP contribution in [0.4, 0.5) is 5.82 Å². The molecule has 0 spiro atoms. The van der Waals surface area contributed by atoms with Crippen molar-refractivity contribution in [2.45, 2.75) is 31.7 Å². The van der Waals surface area contributed by atoms with Gasteiger partial charge in [0.05, 0.1) is 6.04 Å². The van der Waals surface area contributed by atoms with Gasteiger partial charge in [0.25, 0.3) is 0 Å². The highest BCUT2D eigenvalue weighted by Crippen LogP contribution is 2.43. The minimum atomic E-state index is -0.000100. The van der Waals surface area contributed by atoms with Crippen molar-refractivity contribution in [1.29, 1.82) is 0 Å². The molecule has 2 aromatic rings. The number of hydrogen-bond donors (Lipinski definition) is 1. The number of nitrogens with one attached hydrogen (secondary N) is 1. The van der Waals surface area contributed by atoms with Crippen LogP contribution in [0.25, 0.3) is 6.08 Å². The van der Waals surface area contributed by atoms with E-state index in [1.54, 1.807) is 17.1 Å². The maximum absolute atomic E-state index is 12.6. The Bertz CT molecular complexity index is 926. The molecule has 9 heteroatoms. The average molecular weight is 379 g/mol. The Balaban J connectivity index is 1.20. The number of nitrogens with zero attached hydrogens (tertiary/aromatic N) is 6. The maximum Gasteiger partial charge on any atom is 0.246 e. The van der Waals surface area contributed by atoms with Crippen LogP contribution < -0.4 is 5.32 Å². The van der Waals surface area contributed by atoms with Gasteiger partial charge in [-0.25, -0.2) is 4.98 Å². The Morgan fingerprint density at radius 3 is 2.79 bits per heavy atom. The third kappa shape index (κ3) is 3.17. The first-order valence-corrected chi connectivity index (χ1v) is 9.64. The van der Waals surface area contributed by atoms with Gasteiger partial charge in [-0.15, -0.1) is 10.2 Å². The summed E-state index contributed by atoms with van der Waals surface area (Å²) in [6.45, 7) is 1.57. The van der Waals surface area contributed by atoms with Crippen molar-refractivity contribution in [2.24, 2.45) is 11.8 Å². The van der Waals surface area contributed by atoms with Crippen molar-refractivity contribution < 1.29 is 9.59 Å². The molecule has 1 N–H and O–H groups in total. The van der Waals surface area contributed by atoms with Crippen molar-refractivity contribution >= 4 is 23.7 Å². The third-order valence-corrected chi connectivity index (χ3v) is 6.01. The van der Waals surface area contributed by atoms with Crippen molar-refractivity contribution in [3.05, 3.63) is 35.8 Å². The molecule has 2 fully saturated rings. The van der Waals surface area contributed by atoms with Gasteiger partial charge in [-0.2, -0.15) is 4.80 Å². The Hall–Kier alpha value is -3.10. The number of aryl methyl sites for hydroxylation is 1. The molecule has 3 aliphatic rings. The zero-order valence-electron chi connectivity index (χ0n) is 15.4. The summed E-state index contributed by atoms with van der Waals surface area (Å²) in [4.78, 5) is 32.0. The summed E-state index contributed by atoms with van der Waals surface area (Å²) >= 11 is 0. The molecule has 0 aromatic carbocycles. The van der Waals surface area contributed by atoms with E-state index in [1.807, 2.05) is 17.0 Å². The molecule has 1 saturated carbocycles. The zero-order valence-corrected chi connectivity index (χ0v) is 15.4. The van der Waals surface area contributed by atoms with Gasteiger partial charge in [-0.05, 0) is 59.6 Å². The molecule has 4 heterocycles. The Labute approximate surface area is 161 Å². The fourth-order valence-corrected chi connectivity index (χ4v) is 4.62. The van der Waals surface area contributed by atoms with Gasteiger partial charge in [0.2, 0.25) is 11.8 Å². The van der Waals surface area contributed by atoms with Crippen molar-refractivity contribution in [2.75, 3.05) is 18.4 Å². The molecular weight excluding hydrogens is 358 g/mol. The predicted molar refractivity (Wildman–Crippen MR) is 99.9 cm³/mol. The Morgan fingerprint density at radius 1 is 1.21 bits per heavy atom. The second-order valence-electron chi connectivity index (χ2n) is 7.80. The molecule has 28 heavy (non-hydrogen) atoms. The highest BCUT2D eigenvalue weighted by Gasteiger charge is 2.43. The summed E-state index contributed by atoms with van der Waals surface area (Å²) in [6, 6.07) is 2.28. The van der Waals surface area contributed by atoms with Crippen LogP contribution >= 0.6 is 0 Å². The number of hydrogen-bond acceptors (Lipinski definition) is 6. The van der Waals surface area contributed by atoms with Gasteiger partial charge in [0.15, 0.2) is 6.33 Å². The molecule has 5 rings (SSSR count). The largest absolute Gasteiger partial charge is 0.339 e. The number of fused-ring (bicyclic) bond motifs is 2. The van der Waals surface area contributed by atoms with E-state index >= 15 is 0 Å². The van der Waals surface area contributed by atoms with E-state index in [-0.39, 0.29) is 11.8 Å². The van der Waals surface area contributed by atoms with Crippen LogP contribution in [0.2, 0.25) is 0 Å². The molecule has 144 valence electrons. The predicted octanol–water partition coefficient (Wildman–Crippen LogP) is 1.08. The minimum absolute atomic E-state index is 0.000100. The fourth-order valence-electron chi connectivity index (χ4n) is 4.62. The number of pyridine rings is 1. The van der Waals surface area contributed by atoms with Crippen LogP contribution in [0.3, 0.4) is 0 Å². The van der Waals surface area contributed by atoms with E-state index in [2.05, 4.69) is 25.7 Å². The van der Waals surface area contributed by atoms with E-state index in [9.17, 15) is 9.59 Å². The zero-order chi connectivity index (χ0) is 19.1. The first-order chi connectivity index (χ1) is 13.7.